The van der Waals surface area contributed by atoms with Crippen LogP contribution in [-0.4, -0.2) is 32.2 Å². The standard InChI is InChI=1S/C15H18N2O4/c1-9(18)17(2)11-6-5-10-7-13(15(20-3)21-4)16-14(19)12(10)8-11/h5-8,15H,1-4H3,(H,16,19). The van der Waals surface area contributed by atoms with Crippen LogP contribution in [0.5, 0.6) is 0 Å². The average molecular weight is 290 g/mol. The summed E-state index contributed by atoms with van der Waals surface area (Å²) in [5.74, 6) is -0.0961. The fraction of sp³-hybridized carbons (Fsp3) is 0.333. The van der Waals surface area contributed by atoms with Crippen molar-refractivity contribution in [2.45, 2.75) is 13.2 Å². The SMILES string of the molecule is COC(OC)c1cc2ccc(N(C)C(C)=O)cc2c(=O)[nH]1. The molecule has 1 heterocycles. The van der Waals surface area contributed by atoms with Crippen LogP contribution in [0.1, 0.15) is 18.9 Å². The molecule has 1 aromatic carbocycles. The molecule has 0 aliphatic carbocycles. The van der Waals surface area contributed by atoms with Crippen molar-refractivity contribution in [3.63, 3.8) is 0 Å². The zero-order valence-corrected chi connectivity index (χ0v) is 12.5. The number of pyridine rings is 1. The highest BCUT2D eigenvalue weighted by atomic mass is 16.7. The molecule has 2 rings (SSSR count). The van der Waals surface area contributed by atoms with Crippen molar-refractivity contribution in [1.82, 2.24) is 4.98 Å². The molecule has 0 unspecified atom stereocenters. The van der Waals surface area contributed by atoms with Gasteiger partial charge < -0.3 is 19.4 Å². The molecule has 112 valence electrons. The van der Waals surface area contributed by atoms with Crippen LogP contribution in [0.3, 0.4) is 0 Å². The Labute approximate surface area is 122 Å². The molecule has 0 bridgehead atoms. The Hall–Kier alpha value is -2.18. The largest absolute Gasteiger partial charge is 0.350 e. The minimum Gasteiger partial charge on any atom is -0.350 e. The first-order valence-electron chi connectivity index (χ1n) is 6.44. The highest BCUT2D eigenvalue weighted by molar-refractivity contribution is 5.94. The van der Waals surface area contributed by atoms with E-state index < -0.39 is 6.29 Å². The maximum Gasteiger partial charge on any atom is 0.256 e. The minimum atomic E-state index is -0.623. The number of anilines is 1. The van der Waals surface area contributed by atoms with Crippen LogP contribution in [-0.2, 0) is 14.3 Å². The number of methoxy groups -OCH3 is 2. The van der Waals surface area contributed by atoms with Crippen LogP contribution in [0.25, 0.3) is 10.8 Å². The van der Waals surface area contributed by atoms with Gasteiger partial charge in [0.15, 0.2) is 6.29 Å². The molecule has 0 radical (unpaired) electrons. The van der Waals surface area contributed by atoms with Crippen LogP contribution < -0.4 is 10.5 Å². The molecule has 0 aliphatic rings. The lowest BCUT2D eigenvalue weighted by Gasteiger charge is -2.16. The molecule has 6 heteroatoms. The van der Waals surface area contributed by atoms with Gasteiger partial charge in [0.2, 0.25) is 5.91 Å². The van der Waals surface area contributed by atoms with E-state index in [0.717, 1.165) is 5.39 Å². The first kappa shape index (κ1) is 15.2. The first-order chi connectivity index (χ1) is 9.97. The van der Waals surface area contributed by atoms with Gasteiger partial charge in [0.25, 0.3) is 5.56 Å². The van der Waals surface area contributed by atoms with Gasteiger partial charge in [0, 0.05) is 39.3 Å². The Morgan fingerprint density at radius 3 is 2.48 bits per heavy atom. The van der Waals surface area contributed by atoms with Crippen molar-refractivity contribution < 1.29 is 14.3 Å². The summed E-state index contributed by atoms with van der Waals surface area (Å²) in [6.45, 7) is 1.47. The number of fused-ring (bicyclic) bond motifs is 1. The Kier molecular flexibility index (Phi) is 4.40. The van der Waals surface area contributed by atoms with Crippen LogP contribution >= 0.6 is 0 Å². The summed E-state index contributed by atoms with van der Waals surface area (Å²) < 4.78 is 10.3. The van der Waals surface area contributed by atoms with Crippen molar-refractivity contribution in [1.29, 1.82) is 0 Å². The molecule has 0 saturated heterocycles. The Bertz CT molecular complexity index is 719. The van der Waals surface area contributed by atoms with Gasteiger partial charge in [-0.1, -0.05) is 6.07 Å². The lowest BCUT2D eigenvalue weighted by atomic mass is 10.1. The van der Waals surface area contributed by atoms with E-state index in [2.05, 4.69) is 4.98 Å². The zero-order valence-electron chi connectivity index (χ0n) is 12.5. The highest BCUT2D eigenvalue weighted by Crippen LogP contribution is 2.22. The molecule has 1 aromatic heterocycles. The molecule has 0 saturated carbocycles. The molecule has 6 nitrogen and oxygen atoms in total. The smallest absolute Gasteiger partial charge is 0.256 e. The molecular weight excluding hydrogens is 272 g/mol. The maximum absolute atomic E-state index is 12.2. The van der Waals surface area contributed by atoms with Gasteiger partial charge >= 0.3 is 0 Å². The molecule has 0 spiro atoms. The molecule has 0 atom stereocenters. The van der Waals surface area contributed by atoms with Gasteiger partial charge in [-0.3, -0.25) is 9.59 Å². The molecule has 0 aliphatic heterocycles. The summed E-state index contributed by atoms with van der Waals surface area (Å²) in [6, 6.07) is 7.08. The lowest BCUT2D eigenvalue weighted by Crippen LogP contribution is -2.23. The van der Waals surface area contributed by atoms with E-state index in [4.69, 9.17) is 9.47 Å². The lowest BCUT2D eigenvalue weighted by molar-refractivity contribution is -0.116. The van der Waals surface area contributed by atoms with E-state index in [1.807, 2.05) is 0 Å². The van der Waals surface area contributed by atoms with Crippen LogP contribution in [0.15, 0.2) is 29.1 Å². The predicted molar refractivity (Wildman–Crippen MR) is 80.4 cm³/mol. The number of nitrogens with zero attached hydrogens (tertiary/aromatic N) is 1. The minimum absolute atomic E-state index is 0.0961. The fourth-order valence-electron chi connectivity index (χ4n) is 2.14. The number of rotatable bonds is 4. The second-order valence-corrected chi connectivity index (χ2v) is 4.71. The number of nitrogens with one attached hydrogen (secondary N) is 1. The van der Waals surface area contributed by atoms with E-state index in [-0.39, 0.29) is 11.5 Å². The third-order valence-corrected chi connectivity index (χ3v) is 3.39. The average Bonchev–Trinajstić information content (AvgIpc) is 2.47. The van der Waals surface area contributed by atoms with E-state index in [0.29, 0.717) is 16.8 Å². The maximum atomic E-state index is 12.2. The van der Waals surface area contributed by atoms with Crippen LogP contribution in [0, 0.1) is 0 Å². The number of aromatic nitrogens is 1. The summed E-state index contributed by atoms with van der Waals surface area (Å²) in [5.41, 5.74) is 0.967. The molecular formula is C15H18N2O4. The van der Waals surface area contributed by atoms with E-state index in [1.54, 1.807) is 31.3 Å². The number of hydrogen-bond acceptors (Lipinski definition) is 4. The van der Waals surface area contributed by atoms with Crippen molar-refractivity contribution >= 4 is 22.4 Å². The van der Waals surface area contributed by atoms with Gasteiger partial charge in [0.05, 0.1) is 5.69 Å². The molecule has 2 aromatic rings. The number of benzene rings is 1. The summed E-state index contributed by atoms with van der Waals surface area (Å²) in [7, 11) is 4.67. The number of carbonyl (C=O) groups excluding carboxylic acids is 1. The van der Waals surface area contributed by atoms with Crippen molar-refractivity contribution in [2.24, 2.45) is 0 Å². The number of ether oxygens (including phenoxy) is 2. The summed E-state index contributed by atoms with van der Waals surface area (Å²) in [4.78, 5) is 27.8. The van der Waals surface area contributed by atoms with Crippen molar-refractivity contribution in [3.05, 3.63) is 40.3 Å². The van der Waals surface area contributed by atoms with Crippen LogP contribution in [0.4, 0.5) is 5.69 Å². The summed E-state index contributed by atoms with van der Waals surface area (Å²) in [5, 5.41) is 1.27. The topological polar surface area (TPSA) is 71.6 Å². The quantitative estimate of drug-likeness (QED) is 0.872. The number of aromatic amines is 1. The normalized spacial score (nSPS) is 11.1. The van der Waals surface area contributed by atoms with E-state index in [9.17, 15) is 9.59 Å². The van der Waals surface area contributed by atoms with Crippen molar-refractivity contribution in [3.8, 4) is 0 Å². The van der Waals surface area contributed by atoms with Gasteiger partial charge in [-0.2, -0.15) is 0 Å². The number of hydrogen-bond donors (Lipinski definition) is 1. The number of H-pyrrole nitrogens is 1. The molecule has 1 N–H and O–H groups in total. The Morgan fingerprint density at radius 2 is 1.90 bits per heavy atom. The zero-order chi connectivity index (χ0) is 15.6. The Balaban J connectivity index is 2.56. The molecule has 1 amide bonds. The number of amides is 1. The van der Waals surface area contributed by atoms with Gasteiger partial charge in [0.1, 0.15) is 0 Å². The third kappa shape index (κ3) is 2.96. The Morgan fingerprint density at radius 1 is 1.24 bits per heavy atom. The first-order valence-corrected chi connectivity index (χ1v) is 6.44. The monoisotopic (exact) mass is 290 g/mol. The predicted octanol–water partition coefficient (Wildman–Crippen LogP) is 1.80. The van der Waals surface area contributed by atoms with E-state index >= 15 is 0 Å². The second-order valence-electron chi connectivity index (χ2n) is 4.71. The third-order valence-electron chi connectivity index (χ3n) is 3.39. The molecule has 0 fully saturated rings. The second kappa shape index (κ2) is 6.07. The fourth-order valence-corrected chi connectivity index (χ4v) is 2.14. The molecule has 21 heavy (non-hydrogen) atoms. The van der Waals surface area contributed by atoms with E-state index in [1.165, 1.54) is 26.0 Å². The van der Waals surface area contributed by atoms with Crippen molar-refractivity contribution in [2.75, 3.05) is 26.2 Å². The summed E-state index contributed by atoms with van der Waals surface area (Å²) >= 11 is 0. The summed E-state index contributed by atoms with van der Waals surface area (Å²) in [6.07, 6.45) is -0.623. The highest BCUT2D eigenvalue weighted by Gasteiger charge is 2.13. The van der Waals surface area contributed by atoms with Gasteiger partial charge in [-0.15, -0.1) is 0 Å². The van der Waals surface area contributed by atoms with Gasteiger partial charge in [-0.05, 0) is 23.6 Å². The number of carbonyl (C=O) groups is 1. The van der Waals surface area contributed by atoms with Gasteiger partial charge in [-0.25, -0.2) is 0 Å². The van der Waals surface area contributed by atoms with Crippen LogP contribution in [0.2, 0.25) is 0 Å².